The third-order valence-electron chi connectivity index (χ3n) is 3.56. The molecule has 1 aromatic carbocycles. The Morgan fingerprint density at radius 1 is 1.37 bits per heavy atom. The molecule has 19 heavy (non-hydrogen) atoms. The summed E-state index contributed by atoms with van der Waals surface area (Å²) in [6, 6.07) is 6.02. The van der Waals surface area contributed by atoms with Gasteiger partial charge in [0.05, 0.1) is 0 Å². The van der Waals surface area contributed by atoms with Gasteiger partial charge in [-0.3, -0.25) is 4.79 Å². The van der Waals surface area contributed by atoms with E-state index in [0.29, 0.717) is 5.75 Å². The number of halogens is 1. The van der Waals surface area contributed by atoms with Crippen LogP contribution in [0.4, 0.5) is 4.39 Å². The number of hydrogen-bond acceptors (Lipinski definition) is 2. The van der Waals surface area contributed by atoms with Crippen molar-refractivity contribution in [2.45, 2.75) is 45.3 Å². The van der Waals surface area contributed by atoms with E-state index in [1.165, 1.54) is 18.6 Å². The highest BCUT2D eigenvalue weighted by molar-refractivity contribution is 5.81. The molecule has 0 bridgehead atoms. The smallest absolute Gasteiger partial charge is 0.263 e. The van der Waals surface area contributed by atoms with E-state index in [-0.39, 0.29) is 17.8 Å². The summed E-state index contributed by atoms with van der Waals surface area (Å²) >= 11 is 0. The van der Waals surface area contributed by atoms with Crippen LogP contribution >= 0.6 is 0 Å². The van der Waals surface area contributed by atoms with Crippen LogP contribution in [-0.2, 0) is 4.79 Å². The molecule has 2 rings (SSSR count). The Labute approximate surface area is 113 Å². The van der Waals surface area contributed by atoms with Gasteiger partial charge in [0.25, 0.3) is 5.91 Å². The number of rotatable bonds is 3. The Hall–Kier alpha value is -1.58. The third-order valence-corrected chi connectivity index (χ3v) is 3.56. The summed E-state index contributed by atoms with van der Waals surface area (Å²) in [4.78, 5) is 14.2. The van der Waals surface area contributed by atoms with Gasteiger partial charge in [0.15, 0.2) is 6.10 Å². The van der Waals surface area contributed by atoms with Crippen molar-refractivity contribution in [3.63, 3.8) is 0 Å². The van der Waals surface area contributed by atoms with Crippen molar-refractivity contribution in [2.24, 2.45) is 0 Å². The summed E-state index contributed by atoms with van der Waals surface area (Å²) in [7, 11) is 0. The lowest BCUT2D eigenvalue weighted by Crippen LogP contribution is -2.47. The number of ether oxygens (including phenoxy) is 1. The SMILES string of the molecule is C[C@H](Oc1ccc(F)cc1)C(=O)N1CCCC[C@@H]1C. The summed E-state index contributed by atoms with van der Waals surface area (Å²) < 4.78 is 18.4. The maximum absolute atomic E-state index is 12.8. The minimum absolute atomic E-state index is 0.0107. The van der Waals surface area contributed by atoms with Gasteiger partial charge in [-0.25, -0.2) is 4.39 Å². The molecule has 1 fully saturated rings. The molecular weight excluding hydrogens is 245 g/mol. The normalized spacial score (nSPS) is 21.0. The van der Waals surface area contributed by atoms with E-state index < -0.39 is 6.10 Å². The fourth-order valence-electron chi connectivity index (χ4n) is 2.43. The van der Waals surface area contributed by atoms with Crippen LogP contribution < -0.4 is 4.74 Å². The van der Waals surface area contributed by atoms with Gasteiger partial charge in [0.1, 0.15) is 11.6 Å². The van der Waals surface area contributed by atoms with Crippen LogP contribution in [0.15, 0.2) is 24.3 Å². The largest absolute Gasteiger partial charge is 0.481 e. The fraction of sp³-hybridized carbons (Fsp3) is 0.533. The number of hydrogen-bond donors (Lipinski definition) is 0. The zero-order valence-corrected chi connectivity index (χ0v) is 11.4. The van der Waals surface area contributed by atoms with Crippen LogP contribution in [0.1, 0.15) is 33.1 Å². The molecule has 1 aliphatic heterocycles. The Morgan fingerprint density at radius 3 is 2.68 bits per heavy atom. The van der Waals surface area contributed by atoms with Crippen molar-refractivity contribution < 1.29 is 13.9 Å². The van der Waals surface area contributed by atoms with E-state index in [0.717, 1.165) is 19.4 Å². The summed E-state index contributed by atoms with van der Waals surface area (Å²) in [5.41, 5.74) is 0. The molecule has 3 nitrogen and oxygen atoms in total. The number of carbonyl (C=O) groups is 1. The van der Waals surface area contributed by atoms with E-state index in [1.807, 2.05) is 4.90 Å². The van der Waals surface area contributed by atoms with Crippen molar-refractivity contribution in [1.29, 1.82) is 0 Å². The second-order valence-electron chi connectivity index (χ2n) is 5.09. The molecule has 1 aromatic rings. The predicted octanol–water partition coefficient (Wildman–Crippen LogP) is 2.99. The molecular formula is C15H20FNO2. The molecule has 4 heteroatoms. The first-order valence-corrected chi connectivity index (χ1v) is 6.80. The number of piperidine rings is 1. The van der Waals surface area contributed by atoms with Crippen LogP contribution in [-0.4, -0.2) is 29.5 Å². The Morgan fingerprint density at radius 2 is 2.05 bits per heavy atom. The number of nitrogens with zero attached hydrogens (tertiary/aromatic N) is 1. The number of likely N-dealkylation sites (tertiary alicyclic amines) is 1. The van der Waals surface area contributed by atoms with Crippen molar-refractivity contribution in [3.8, 4) is 5.75 Å². The summed E-state index contributed by atoms with van der Waals surface area (Å²) in [6.07, 6.45) is 2.75. The lowest BCUT2D eigenvalue weighted by atomic mass is 10.0. The van der Waals surface area contributed by atoms with Gasteiger partial charge in [0.2, 0.25) is 0 Å². The monoisotopic (exact) mass is 265 g/mol. The second-order valence-corrected chi connectivity index (χ2v) is 5.09. The highest BCUT2D eigenvalue weighted by Gasteiger charge is 2.27. The zero-order chi connectivity index (χ0) is 13.8. The molecule has 1 aliphatic rings. The minimum atomic E-state index is -0.536. The lowest BCUT2D eigenvalue weighted by Gasteiger charge is -2.35. The van der Waals surface area contributed by atoms with Gasteiger partial charge in [-0.05, 0) is 57.4 Å². The first kappa shape index (κ1) is 13.8. The van der Waals surface area contributed by atoms with Crippen LogP contribution in [0.25, 0.3) is 0 Å². The molecule has 2 atom stereocenters. The molecule has 0 radical (unpaired) electrons. The number of carbonyl (C=O) groups excluding carboxylic acids is 1. The van der Waals surface area contributed by atoms with Gasteiger partial charge in [0, 0.05) is 12.6 Å². The van der Waals surface area contributed by atoms with Crippen molar-refractivity contribution in [1.82, 2.24) is 4.90 Å². The average Bonchev–Trinajstić information content (AvgIpc) is 2.41. The van der Waals surface area contributed by atoms with Crippen molar-refractivity contribution in [3.05, 3.63) is 30.1 Å². The lowest BCUT2D eigenvalue weighted by molar-refractivity contribution is -0.141. The van der Waals surface area contributed by atoms with Crippen molar-refractivity contribution >= 4 is 5.91 Å². The summed E-state index contributed by atoms with van der Waals surface area (Å²) in [6.45, 7) is 4.62. The van der Waals surface area contributed by atoms with E-state index in [9.17, 15) is 9.18 Å². The standard InChI is InChI=1S/C15H20FNO2/c1-11-5-3-4-10-17(11)15(18)12(2)19-14-8-6-13(16)7-9-14/h6-9,11-12H,3-5,10H2,1-2H3/t11-,12-/m0/s1. The quantitative estimate of drug-likeness (QED) is 0.841. The van der Waals surface area contributed by atoms with Gasteiger partial charge in [-0.1, -0.05) is 0 Å². The molecule has 104 valence electrons. The van der Waals surface area contributed by atoms with Crippen molar-refractivity contribution in [2.75, 3.05) is 6.54 Å². The fourth-order valence-corrected chi connectivity index (χ4v) is 2.43. The van der Waals surface area contributed by atoms with E-state index in [4.69, 9.17) is 4.74 Å². The van der Waals surface area contributed by atoms with Gasteiger partial charge in [-0.2, -0.15) is 0 Å². The van der Waals surface area contributed by atoms with Gasteiger partial charge in [-0.15, -0.1) is 0 Å². The maximum atomic E-state index is 12.8. The summed E-state index contributed by atoms with van der Waals surface area (Å²) in [5.74, 6) is 0.222. The zero-order valence-electron chi connectivity index (χ0n) is 11.4. The van der Waals surface area contributed by atoms with E-state index in [1.54, 1.807) is 19.1 Å². The molecule has 1 saturated heterocycles. The minimum Gasteiger partial charge on any atom is -0.481 e. The predicted molar refractivity (Wildman–Crippen MR) is 71.5 cm³/mol. The Bertz CT molecular complexity index is 432. The topological polar surface area (TPSA) is 29.5 Å². The maximum Gasteiger partial charge on any atom is 0.263 e. The highest BCUT2D eigenvalue weighted by Crippen LogP contribution is 2.19. The molecule has 0 N–H and O–H groups in total. The molecule has 0 aliphatic carbocycles. The number of benzene rings is 1. The third kappa shape index (κ3) is 3.46. The summed E-state index contributed by atoms with van der Waals surface area (Å²) in [5, 5.41) is 0. The molecule has 1 heterocycles. The molecule has 0 aromatic heterocycles. The first-order valence-electron chi connectivity index (χ1n) is 6.80. The second kappa shape index (κ2) is 6.04. The molecule has 0 saturated carbocycles. The van der Waals surface area contributed by atoms with E-state index >= 15 is 0 Å². The Balaban J connectivity index is 1.96. The average molecular weight is 265 g/mol. The van der Waals surface area contributed by atoms with E-state index in [2.05, 4.69) is 6.92 Å². The number of amides is 1. The van der Waals surface area contributed by atoms with Gasteiger partial charge >= 0.3 is 0 Å². The van der Waals surface area contributed by atoms with Crippen LogP contribution in [0.2, 0.25) is 0 Å². The van der Waals surface area contributed by atoms with Crippen LogP contribution in [0, 0.1) is 5.82 Å². The first-order chi connectivity index (χ1) is 9.08. The molecule has 0 spiro atoms. The molecule has 1 amide bonds. The van der Waals surface area contributed by atoms with Gasteiger partial charge < -0.3 is 9.64 Å². The van der Waals surface area contributed by atoms with Crippen LogP contribution in [0.3, 0.4) is 0 Å². The molecule has 0 unspecified atom stereocenters. The highest BCUT2D eigenvalue weighted by atomic mass is 19.1. The van der Waals surface area contributed by atoms with Crippen LogP contribution in [0.5, 0.6) is 5.75 Å². The Kier molecular flexibility index (Phi) is 4.40.